The third-order valence-corrected chi connectivity index (χ3v) is 4.89. The van der Waals surface area contributed by atoms with E-state index in [1.807, 2.05) is 6.07 Å². The van der Waals surface area contributed by atoms with Crippen LogP contribution in [-0.4, -0.2) is 11.7 Å². The molecule has 0 unspecified atom stereocenters. The molecule has 0 atom stereocenters. The van der Waals surface area contributed by atoms with Crippen molar-refractivity contribution >= 4 is 38.9 Å². The van der Waals surface area contributed by atoms with E-state index in [-0.39, 0.29) is 12.0 Å². The van der Waals surface area contributed by atoms with E-state index >= 15 is 0 Å². The number of aliphatic hydroxyl groups excluding tert-OH is 1. The van der Waals surface area contributed by atoms with Crippen molar-refractivity contribution in [2.75, 3.05) is 6.61 Å². The van der Waals surface area contributed by atoms with Gasteiger partial charge in [-0.1, -0.05) is 25.4 Å². The van der Waals surface area contributed by atoms with Gasteiger partial charge in [0.05, 0.1) is 0 Å². The second-order valence-corrected chi connectivity index (χ2v) is 6.10. The molecule has 0 aliphatic rings. The molecule has 0 saturated carbocycles. The fourth-order valence-corrected chi connectivity index (χ4v) is 2.91. The minimum Gasteiger partial charge on any atom is -0.396 e. The Morgan fingerprint density at radius 3 is 2.62 bits per heavy atom. The van der Waals surface area contributed by atoms with E-state index in [1.165, 1.54) is 4.88 Å². The lowest BCUT2D eigenvalue weighted by atomic mass is 9.88. The van der Waals surface area contributed by atoms with Gasteiger partial charge < -0.3 is 5.11 Å². The summed E-state index contributed by atoms with van der Waals surface area (Å²) < 4.78 is 1.72. The van der Waals surface area contributed by atoms with Crippen LogP contribution in [0.15, 0.2) is 10.5 Å². The highest BCUT2D eigenvalue weighted by molar-refractivity contribution is 9.10. The van der Waals surface area contributed by atoms with Crippen molar-refractivity contribution in [3.63, 3.8) is 0 Å². The van der Waals surface area contributed by atoms with Crippen molar-refractivity contribution in [1.29, 1.82) is 0 Å². The van der Waals surface area contributed by atoms with Crippen LogP contribution in [0.1, 0.15) is 25.1 Å². The molecule has 0 amide bonds. The van der Waals surface area contributed by atoms with Crippen LogP contribution < -0.4 is 0 Å². The Kier molecular flexibility index (Phi) is 3.81. The fraction of sp³-hybridized carbons (Fsp3) is 0.556. The third-order valence-electron chi connectivity index (χ3n) is 2.05. The van der Waals surface area contributed by atoms with Gasteiger partial charge in [0.2, 0.25) is 0 Å². The van der Waals surface area contributed by atoms with Crippen molar-refractivity contribution in [3.8, 4) is 0 Å². The summed E-state index contributed by atoms with van der Waals surface area (Å²) in [7, 11) is 0. The van der Waals surface area contributed by atoms with E-state index in [4.69, 9.17) is 16.7 Å². The maximum absolute atomic E-state index is 8.90. The Balaban J connectivity index is 2.93. The summed E-state index contributed by atoms with van der Waals surface area (Å²) in [5, 5.41) is 8.90. The zero-order valence-corrected chi connectivity index (χ0v) is 10.8. The van der Waals surface area contributed by atoms with Crippen LogP contribution in [0.2, 0.25) is 4.34 Å². The van der Waals surface area contributed by atoms with Crippen molar-refractivity contribution in [2.24, 2.45) is 0 Å². The van der Waals surface area contributed by atoms with Crippen molar-refractivity contribution in [1.82, 2.24) is 0 Å². The smallest absolute Gasteiger partial charge is 0.107 e. The van der Waals surface area contributed by atoms with Gasteiger partial charge in [-0.2, -0.15) is 0 Å². The van der Waals surface area contributed by atoms with Gasteiger partial charge in [0, 0.05) is 21.4 Å². The normalized spacial score (nSPS) is 12.1. The summed E-state index contributed by atoms with van der Waals surface area (Å²) in [6.07, 6.45) is 0.760. The molecule has 0 aliphatic carbocycles. The average Bonchev–Trinajstić information content (AvgIpc) is 2.33. The Morgan fingerprint density at radius 1 is 1.62 bits per heavy atom. The Labute approximate surface area is 95.9 Å². The Morgan fingerprint density at radius 2 is 2.23 bits per heavy atom. The molecule has 1 heterocycles. The minimum absolute atomic E-state index is 0.00900. The summed E-state index contributed by atoms with van der Waals surface area (Å²) in [6, 6.07) is 2.03. The predicted molar refractivity (Wildman–Crippen MR) is 61.8 cm³/mol. The molecule has 0 aliphatic heterocycles. The molecule has 1 aromatic rings. The highest BCUT2D eigenvalue weighted by atomic mass is 79.9. The minimum atomic E-state index is 0.00900. The second kappa shape index (κ2) is 4.30. The SMILES string of the molecule is CC(C)(CCO)c1cc(Br)c(Cl)s1. The van der Waals surface area contributed by atoms with Crippen LogP contribution in [0.5, 0.6) is 0 Å². The third kappa shape index (κ3) is 2.69. The summed E-state index contributed by atoms with van der Waals surface area (Å²) in [5.41, 5.74) is 0.00900. The molecule has 0 aromatic carbocycles. The van der Waals surface area contributed by atoms with Crippen LogP contribution >= 0.6 is 38.9 Å². The van der Waals surface area contributed by atoms with Crippen LogP contribution in [-0.2, 0) is 5.41 Å². The predicted octanol–water partition coefficient (Wildman–Crippen LogP) is 3.82. The van der Waals surface area contributed by atoms with E-state index in [2.05, 4.69) is 29.8 Å². The monoisotopic (exact) mass is 282 g/mol. The molecular formula is C9H12BrClOS. The first kappa shape index (κ1) is 11.5. The van der Waals surface area contributed by atoms with Crippen LogP contribution in [0.4, 0.5) is 0 Å². The number of hydrogen-bond acceptors (Lipinski definition) is 2. The lowest BCUT2D eigenvalue weighted by molar-refractivity contribution is 0.254. The number of thiophene rings is 1. The lowest BCUT2D eigenvalue weighted by Crippen LogP contribution is -2.16. The number of rotatable bonds is 3. The summed E-state index contributed by atoms with van der Waals surface area (Å²) in [4.78, 5) is 1.21. The maximum Gasteiger partial charge on any atom is 0.107 e. The van der Waals surface area contributed by atoms with Gasteiger partial charge in [-0.15, -0.1) is 11.3 Å². The first-order valence-electron chi connectivity index (χ1n) is 4.03. The lowest BCUT2D eigenvalue weighted by Gasteiger charge is -2.21. The molecule has 13 heavy (non-hydrogen) atoms. The highest BCUT2D eigenvalue weighted by Gasteiger charge is 2.23. The van der Waals surface area contributed by atoms with Gasteiger partial charge in [0.25, 0.3) is 0 Å². The van der Waals surface area contributed by atoms with Gasteiger partial charge in [-0.25, -0.2) is 0 Å². The van der Waals surface area contributed by atoms with Gasteiger partial charge in [-0.05, 0) is 28.4 Å². The van der Waals surface area contributed by atoms with Crippen LogP contribution in [0, 0.1) is 0 Å². The molecular weight excluding hydrogens is 272 g/mol. The largest absolute Gasteiger partial charge is 0.396 e. The maximum atomic E-state index is 8.90. The molecule has 0 bridgehead atoms. The molecule has 0 radical (unpaired) electrons. The van der Waals surface area contributed by atoms with Crippen LogP contribution in [0.3, 0.4) is 0 Å². The molecule has 0 fully saturated rings. The standard InChI is InChI=1S/C9H12BrClOS/c1-9(2,3-4-12)7-5-6(10)8(11)13-7/h5,12H,3-4H2,1-2H3. The fourth-order valence-electron chi connectivity index (χ4n) is 1.08. The second-order valence-electron chi connectivity index (χ2n) is 3.59. The molecule has 1 nitrogen and oxygen atoms in total. The molecule has 1 N–H and O–H groups in total. The number of halogens is 2. The molecule has 1 aromatic heterocycles. The van der Waals surface area contributed by atoms with E-state index < -0.39 is 0 Å². The molecule has 0 saturated heterocycles. The average molecular weight is 284 g/mol. The van der Waals surface area contributed by atoms with E-state index in [0.717, 1.165) is 15.2 Å². The summed E-state index contributed by atoms with van der Waals surface area (Å²) >= 11 is 10.9. The zero-order valence-electron chi connectivity index (χ0n) is 7.60. The first-order chi connectivity index (χ1) is 5.97. The number of hydrogen-bond donors (Lipinski definition) is 1. The molecule has 4 heteroatoms. The van der Waals surface area contributed by atoms with E-state index in [1.54, 1.807) is 11.3 Å². The van der Waals surface area contributed by atoms with E-state index in [9.17, 15) is 0 Å². The quantitative estimate of drug-likeness (QED) is 0.894. The Hall–Kier alpha value is 0.430. The number of aliphatic hydroxyl groups is 1. The van der Waals surface area contributed by atoms with Crippen molar-refractivity contribution in [3.05, 3.63) is 19.8 Å². The molecule has 1 rings (SSSR count). The Bertz CT molecular complexity index is 276. The first-order valence-corrected chi connectivity index (χ1v) is 6.02. The van der Waals surface area contributed by atoms with Gasteiger partial charge in [0.15, 0.2) is 0 Å². The molecule has 74 valence electrons. The van der Waals surface area contributed by atoms with Gasteiger partial charge in [-0.3, -0.25) is 0 Å². The van der Waals surface area contributed by atoms with Crippen molar-refractivity contribution < 1.29 is 5.11 Å². The molecule has 0 spiro atoms. The zero-order chi connectivity index (χ0) is 10.1. The van der Waals surface area contributed by atoms with Gasteiger partial charge >= 0.3 is 0 Å². The summed E-state index contributed by atoms with van der Waals surface area (Å²) in [5.74, 6) is 0. The van der Waals surface area contributed by atoms with Crippen LogP contribution in [0.25, 0.3) is 0 Å². The van der Waals surface area contributed by atoms with E-state index in [0.29, 0.717) is 0 Å². The highest BCUT2D eigenvalue weighted by Crippen LogP contribution is 2.39. The van der Waals surface area contributed by atoms with Gasteiger partial charge in [0.1, 0.15) is 4.34 Å². The van der Waals surface area contributed by atoms with Crippen molar-refractivity contribution in [2.45, 2.75) is 25.7 Å². The summed E-state index contributed by atoms with van der Waals surface area (Å²) in [6.45, 7) is 4.43. The topological polar surface area (TPSA) is 20.2 Å².